The number of anilines is 2. The van der Waals surface area contributed by atoms with Crippen LogP contribution in [0.3, 0.4) is 0 Å². The summed E-state index contributed by atoms with van der Waals surface area (Å²) < 4.78 is 10.7. The Kier molecular flexibility index (Phi) is 4.85. The predicted octanol–water partition coefficient (Wildman–Crippen LogP) is 4.26. The molecule has 2 aromatic carbocycles. The Balaban J connectivity index is 1.68. The highest BCUT2D eigenvalue weighted by molar-refractivity contribution is 6.11. The summed E-state index contributed by atoms with van der Waals surface area (Å²) in [4.78, 5) is 19.3. The van der Waals surface area contributed by atoms with Crippen molar-refractivity contribution in [1.82, 2.24) is 4.98 Å². The Bertz CT molecular complexity index is 971. The third-order valence-corrected chi connectivity index (χ3v) is 4.62. The van der Waals surface area contributed by atoms with Crippen molar-refractivity contribution in [2.75, 3.05) is 23.9 Å². The van der Waals surface area contributed by atoms with Crippen LogP contribution >= 0.6 is 0 Å². The van der Waals surface area contributed by atoms with Gasteiger partial charge in [0.25, 0.3) is 5.91 Å². The SMILES string of the molecule is CCOc1ccc(N[C@@H]2c3ncccc3C(=O)N2c2ccc(OC)cc2)cc1. The first-order valence-corrected chi connectivity index (χ1v) is 9.13. The van der Waals surface area contributed by atoms with E-state index in [4.69, 9.17) is 9.47 Å². The highest BCUT2D eigenvalue weighted by atomic mass is 16.5. The zero-order valence-electron chi connectivity index (χ0n) is 15.8. The summed E-state index contributed by atoms with van der Waals surface area (Å²) in [5.41, 5.74) is 2.95. The molecule has 6 heteroatoms. The van der Waals surface area contributed by atoms with Crippen LogP contribution in [0.5, 0.6) is 11.5 Å². The van der Waals surface area contributed by atoms with Gasteiger partial charge in [-0.15, -0.1) is 0 Å². The molecule has 1 aromatic heterocycles. The van der Waals surface area contributed by atoms with Crippen molar-refractivity contribution in [3.05, 3.63) is 78.1 Å². The molecule has 0 unspecified atom stereocenters. The molecule has 0 fully saturated rings. The van der Waals surface area contributed by atoms with Gasteiger partial charge in [0.05, 0.1) is 25.0 Å². The standard InChI is InChI=1S/C22H21N3O3/c1-3-28-18-10-6-15(7-11-18)24-21-20-19(5-4-14-23-20)22(26)25(21)16-8-12-17(27-2)13-9-16/h4-14,21,24H,3H2,1-2H3/t21-/m0/s1. The number of carbonyl (C=O) groups is 1. The van der Waals surface area contributed by atoms with Crippen molar-refractivity contribution < 1.29 is 14.3 Å². The van der Waals surface area contributed by atoms with Gasteiger partial charge in [0.1, 0.15) is 11.5 Å². The molecular formula is C22H21N3O3. The van der Waals surface area contributed by atoms with Crippen LogP contribution in [0.25, 0.3) is 0 Å². The minimum absolute atomic E-state index is 0.0864. The fourth-order valence-electron chi connectivity index (χ4n) is 3.30. The Morgan fingerprint density at radius 3 is 2.43 bits per heavy atom. The van der Waals surface area contributed by atoms with Crippen LogP contribution < -0.4 is 19.7 Å². The molecule has 1 aliphatic rings. The zero-order chi connectivity index (χ0) is 19.5. The predicted molar refractivity (Wildman–Crippen MR) is 108 cm³/mol. The monoisotopic (exact) mass is 375 g/mol. The number of hydrogen-bond donors (Lipinski definition) is 1. The minimum Gasteiger partial charge on any atom is -0.497 e. The molecule has 1 amide bonds. The van der Waals surface area contributed by atoms with Crippen molar-refractivity contribution in [2.45, 2.75) is 13.1 Å². The molecule has 6 nitrogen and oxygen atoms in total. The van der Waals surface area contributed by atoms with E-state index in [0.717, 1.165) is 22.9 Å². The molecule has 1 aliphatic heterocycles. The minimum atomic E-state index is -0.407. The van der Waals surface area contributed by atoms with Gasteiger partial charge in [0.15, 0.2) is 6.17 Å². The number of fused-ring (bicyclic) bond motifs is 1. The molecule has 0 spiro atoms. The number of nitrogens with one attached hydrogen (secondary N) is 1. The fourth-order valence-corrected chi connectivity index (χ4v) is 3.30. The molecule has 0 bridgehead atoms. The first-order valence-electron chi connectivity index (χ1n) is 9.13. The number of hydrogen-bond acceptors (Lipinski definition) is 5. The summed E-state index contributed by atoms with van der Waals surface area (Å²) in [5.74, 6) is 1.46. The van der Waals surface area contributed by atoms with E-state index in [1.54, 1.807) is 30.3 Å². The van der Waals surface area contributed by atoms with Crippen molar-refractivity contribution in [1.29, 1.82) is 0 Å². The number of nitrogens with zero attached hydrogens (tertiary/aromatic N) is 2. The number of carbonyl (C=O) groups excluding carboxylic acids is 1. The maximum Gasteiger partial charge on any atom is 0.262 e. The van der Waals surface area contributed by atoms with Crippen LogP contribution in [0.1, 0.15) is 29.1 Å². The Labute approximate surface area is 163 Å². The maximum absolute atomic E-state index is 13.1. The summed E-state index contributed by atoms with van der Waals surface area (Å²) in [6.07, 6.45) is 1.30. The van der Waals surface area contributed by atoms with Crippen LogP contribution in [0.15, 0.2) is 66.9 Å². The molecular weight excluding hydrogens is 354 g/mol. The molecule has 2 heterocycles. The maximum atomic E-state index is 13.1. The van der Waals surface area contributed by atoms with Crippen molar-refractivity contribution in [2.24, 2.45) is 0 Å². The lowest BCUT2D eigenvalue weighted by atomic mass is 10.2. The molecule has 0 radical (unpaired) electrons. The lowest BCUT2D eigenvalue weighted by molar-refractivity contribution is 0.0993. The van der Waals surface area contributed by atoms with Gasteiger partial charge < -0.3 is 14.8 Å². The quantitative estimate of drug-likeness (QED) is 0.697. The van der Waals surface area contributed by atoms with Gasteiger partial charge in [-0.25, -0.2) is 0 Å². The van der Waals surface area contributed by atoms with Gasteiger partial charge in [-0.2, -0.15) is 0 Å². The van der Waals surface area contributed by atoms with Gasteiger partial charge in [0.2, 0.25) is 0 Å². The number of pyridine rings is 1. The van der Waals surface area contributed by atoms with E-state index in [9.17, 15) is 4.79 Å². The molecule has 0 saturated heterocycles. The second-order valence-corrected chi connectivity index (χ2v) is 6.31. The number of ether oxygens (including phenoxy) is 2. The highest BCUT2D eigenvalue weighted by Gasteiger charge is 2.38. The van der Waals surface area contributed by atoms with Gasteiger partial charge in [-0.05, 0) is 67.6 Å². The number of amides is 1. The van der Waals surface area contributed by atoms with E-state index in [1.807, 2.05) is 55.5 Å². The lowest BCUT2D eigenvalue weighted by Crippen LogP contribution is -2.32. The largest absolute Gasteiger partial charge is 0.497 e. The Morgan fingerprint density at radius 1 is 1.04 bits per heavy atom. The van der Waals surface area contributed by atoms with E-state index in [-0.39, 0.29) is 5.91 Å². The van der Waals surface area contributed by atoms with E-state index in [1.165, 1.54) is 0 Å². The first kappa shape index (κ1) is 17.9. The molecule has 0 saturated carbocycles. The molecule has 3 aromatic rings. The van der Waals surface area contributed by atoms with Gasteiger partial charge in [-0.3, -0.25) is 14.7 Å². The van der Waals surface area contributed by atoms with Crippen LogP contribution in [-0.4, -0.2) is 24.6 Å². The average molecular weight is 375 g/mol. The Hall–Kier alpha value is -3.54. The van der Waals surface area contributed by atoms with E-state index in [0.29, 0.717) is 17.9 Å². The van der Waals surface area contributed by atoms with Crippen LogP contribution in [0.4, 0.5) is 11.4 Å². The number of benzene rings is 2. The van der Waals surface area contributed by atoms with Gasteiger partial charge in [0, 0.05) is 17.6 Å². The van der Waals surface area contributed by atoms with Gasteiger partial charge >= 0.3 is 0 Å². The van der Waals surface area contributed by atoms with E-state index in [2.05, 4.69) is 10.3 Å². The molecule has 28 heavy (non-hydrogen) atoms. The summed E-state index contributed by atoms with van der Waals surface area (Å²) in [6, 6.07) is 18.7. The summed E-state index contributed by atoms with van der Waals surface area (Å²) in [5, 5.41) is 3.43. The summed E-state index contributed by atoms with van der Waals surface area (Å²) in [6.45, 7) is 2.57. The second-order valence-electron chi connectivity index (χ2n) is 6.31. The number of methoxy groups -OCH3 is 1. The second kappa shape index (κ2) is 7.60. The zero-order valence-corrected chi connectivity index (χ0v) is 15.8. The normalized spacial score (nSPS) is 15.3. The molecule has 0 aliphatic carbocycles. The molecule has 1 N–H and O–H groups in total. The highest BCUT2D eigenvalue weighted by Crippen LogP contribution is 2.37. The number of rotatable bonds is 6. The summed E-state index contributed by atoms with van der Waals surface area (Å²) in [7, 11) is 1.62. The molecule has 1 atom stereocenters. The average Bonchev–Trinajstić information content (AvgIpc) is 3.02. The van der Waals surface area contributed by atoms with Crippen LogP contribution in [0, 0.1) is 0 Å². The van der Waals surface area contributed by atoms with Crippen molar-refractivity contribution in [3.63, 3.8) is 0 Å². The topological polar surface area (TPSA) is 63.7 Å². The third-order valence-electron chi connectivity index (χ3n) is 4.62. The summed E-state index contributed by atoms with van der Waals surface area (Å²) >= 11 is 0. The lowest BCUT2D eigenvalue weighted by Gasteiger charge is -2.26. The van der Waals surface area contributed by atoms with E-state index < -0.39 is 6.17 Å². The van der Waals surface area contributed by atoms with Crippen molar-refractivity contribution >= 4 is 17.3 Å². The Morgan fingerprint density at radius 2 is 1.75 bits per heavy atom. The smallest absolute Gasteiger partial charge is 0.262 e. The molecule has 4 rings (SSSR count). The van der Waals surface area contributed by atoms with Crippen LogP contribution in [0.2, 0.25) is 0 Å². The first-order chi connectivity index (χ1) is 13.7. The van der Waals surface area contributed by atoms with Crippen molar-refractivity contribution in [3.8, 4) is 11.5 Å². The fraction of sp³-hybridized carbons (Fsp3) is 0.182. The third kappa shape index (κ3) is 3.24. The molecule has 142 valence electrons. The number of aromatic nitrogens is 1. The van der Waals surface area contributed by atoms with Gasteiger partial charge in [-0.1, -0.05) is 0 Å². The van der Waals surface area contributed by atoms with E-state index >= 15 is 0 Å². The van der Waals surface area contributed by atoms with Crippen LogP contribution in [-0.2, 0) is 0 Å².